The zero-order chi connectivity index (χ0) is 19.0. The first kappa shape index (κ1) is 17.2. The molecule has 1 fully saturated rings. The number of aryl methyl sites for hydroxylation is 1. The molecule has 0 saturated carbocycles. The number of carbonyl (C=O) groups excluding carboxylic acids is 3. The molecule has 0 bridgehead atoms. The fraction of sp³-hybridized carbons (Fsp3) is 0.300. The summed E-state index contributed by atoms with van der Waals surface area (Å²) >= 11 is 0. The molecule has 3 heterocycles. The Morgan fingerprint density at radius 3 is 2.15 bits per heavy atom. The second-order valence-electron chi connectivity index (χ2n) is 6.75. The molecule has 0 aliphatic carbocycles. The van der Waals surface area contributed by atoms with Gasteiger partial charge in [0.2, 0.25) is 5.91 Å². The summed E-state index contributed by atoms with van der Waals surface area (Å²) in [4.78, 5) is 46.9. The fourth-order valence-corrected chi connectivity index (χ4v) is 3.51. The molecular formula is C20H20N4O3. The molecule has 1 aromatic carbocycles. The van der Waals surface area contributed by atoms with E-state index in [0.29, 0.717) is 37.3 Å². The Bertz CT molecular complexity index is 884. The Labute approximate surface area is 157 Å². The average Bonchev–Trinajstić information content (AvgIpc) is 2.93. The van der Waals surface area contributed by atoms with Crippen LogP contribution in [0.15, 0.2) is 42.5 Å². The van der Waals surface area contributed by atoms with Crippen LogP contribution in [0.4, 0.5) is 5.82 Å². The van der Waals surface area contributed by atoms with Crippen molar-refractivity contribution >= 4 is 23.5 Å². The van der Waals surface area contributed by atoms with E-state index in [9.17, 15) is 14.4 Å². The van der Waals surface area contributed by atoms with E-state index >= 15 is 0 Å². The van der Waals surface area contributed by atoms with Crippen LogP contribution < -0.4 is 4.90 Å². The number of carbonyl (C=O) groups is 3. The Kier molecular flexibility index (Phi) is 4.35. The van der Waals surface area contributed by atoms with E-state index in [1.807, 2.05) is 25.1 Å². The number of aromatic nitrogens is 1. The Morgan fingerprint density at radius 1 is 0.926 bits per heavy atom. The molecular weight excluding hydrogens is 344 g/mol. The number of rotatable bonds is 3. The first-order valence-electron chi connectivity index (χ1n) is 8.96. The molecule has 0 radical (unpaired) electrons. The van der Waals surface area contributed by atoms with Gasteiger partial charge in [0.15, 0.2) is 0 Å². The van der Waals surface area contributed by atoms with Crippen molar-refractivity contribution in [3.8, 4) is 0 Å². The lowest BCUT2D eigenvalue weighted by molar-refractivity contribution is -0.131. The van der Waals surface area contributed by atoms with E-state index in [0.717, 1.165) is 16.4 Å². The molecule has 0 spiro atoms. The number of benzene rings is 1. The largest absolute Gasteiger partial charge is 0.353 e. The van der Waals surface area contributed by atoms with Crippen molar-refractivity contribution in [2.24, 2.45) is 0 Å². The summed E-state index contributed by atoms with van der Waals surface area (Å²) in [5.41, 5.74) is 1.69. The fourth-order valence-electron chi connectivity index (χ4n) is 3.51. The molecule has 2 aliphatic heterocycles. The topological polar surface area (TPSA) is 73.8 Å². The van der Waals surface area contributed by atoms with Crippen LogP contribution in [0.25, 0.3) is 0 Å². The number of piperazine rings is 1. The minimum Gasteiger partial charge on any atom is -0.353 e. The van der Waals surface area contributed by atoms with Gasteiger partial charge in [-0.15, -0.1) is 0 Å². The quantitative estimate of drug-likeness (QED) is 0.769. The van der Waals surface area contributed by atoms with Crippen molar-refractivity contribution in [3.05, 3.63) is 59.3 Å². The van der Waals surface area contributed by atoms with Gasteiger partial charge in [0.05, 0.1) is 11.1 Å². The summed E-state index contributed by atoms with van der Waals surface area (Å²) in [6.07, 6.45) is 0. The molecule has 1 saturated heterocycles. The van der Waals surface area contributed by atoms with Crippen LogP contribution in [0.5, 0.6) is 0 Å². The first-order valence-corrected chi connectivity index (χ1v) is 8.96. The number of amides is 3. The Morgan fingerprint density at radius 2 is 1.56 bits per heavy atom. The summed E-state index contributed by atoms with van der Waals surface area (Å²) in [6, 6.07) is 12.6. The molecule has 0 N–H and O–H groups in total. The molecule has 138 valence electrons. The smallest absolute Gasteiger partial charge is 0.262 e. The normalized spacial score (nSPS) is 16.7. The standard InChI is InChI=1S/C20H20N4O3/c1-14-5-4-8-17(21-14)22-9-11-23(12-10-22)18(25)13-24-19(26)15-6-2-3-7-16(15)20(24)27/h2-8H,9-13H2,1H3. The predicted molar refractivity (Wildman–Crippen MR) is 99.6 cm³/mol. The number of fused-ring (bicyclic) bond motifs is 1. The third-order valence-corrected chi connectivity index (χ3v) is 5.00. The highest BCUT2D eigenvalue weighted by molar-refractivity contribution is 6.22. The number of hydrogen-bond donors (Lipinski definition) is 0. The van der Waals surface area contributed by atoms with Gasteiger partial charge in [-0.1, -0.05) is 18.2 Å². The van der Waals surface area contributed by atoms with Gasteiger partial charge in [0.25, 0.3) is 11.8 Å². The summed E-state index contributed by atoms with van der Waals surface area (Å²) in [5.74, 6) is -0.0955. The average molecular weight is 364 g/mol. The van der Waals surface area contributed by atoms with E-state index in [4.69, 9.17) is 0 Å². The lowest BCUT2D eigenvalue weighted by Crippen LogP contribution is -2.52. The van der Waals surface area contributed by atoms with Crippen LogP contribution in [-0.2, 0) is 4.79 Å². The summed E-state index contributed by atoms with van der Waals surface area (Å²) in [7, 11) is 0. The number of nitrogens with zero attached hydrogens (tertiary/aromatic N) is 4. The van der Waals surface area contributed by atoms with Crippen LogP contribution in [0.3, 0.4) is 0 Å². The van der Waals surface area contributed by atoms with Crippen LogP contribution in [0.2, 0.25) is 0 Å². The molecule has 7 nitrogen and oxygen atoms in total. The van der Waals surface area contributed by atoms with Gasteiger partial charge in [-0.05, 0) is 31.2 Å². The number of imide groups is 1. The highest BCUT2D eigenvalue weighted by atomic mass is 16.2. The van der Waals surface area contributed by atoms with Crippen molar-refractivity contribution < 1.29 is 14.4 Å². The minimum atomic E-state index is -0.397. The second kappa shape index (κ2) is 6.83. The predicted octanol–water partition coefficient (Wildman–Crippen LogP) is 1.33. The maximum atomic E-state index is 12.6. The number of pyridine rings is 1. The second-order valence-corrected chi connectivity index (χ2v) is 6.75. The van der Waals surface area contributed by atoms with E-state index in [1.54, 1.807) is 29.2 Å². The van der Waals surface area contributed by atoms with Gasteiger partial charge < -0.3 is 9.80 Å². The zero-order valence-electron chi connectivity index (χ0n) is 15.1. The highest BCUT2D eigenvalue weighted by Crippen LogP contribution is 2.22. The van der Waals surface area contributed by atoms with Gasteiger partial charge in [0, 0.05) is 31.9 Å². The monoisotopic (exact) mass is 364 g/mol. The molecule has 2 aromatic rings. The van der Waals surface area contributed by atoms with E-state index < -0.39 is 11.8 Å². The highest BCUT2D eigenvalue weighted by Gasteiger charge is 2.37. The van der Waals surface area contributed by atoms with E-state index in [2.05, 4.69) is 9.88 Å². The maximum Gasteiger partial charge on any atom is 0.262 e. The van der Waals surface area contributed by atoms with Gasteiger partial charge in [0.1, 0.15) is 12.4 Å². The Hall–Kier alpha value is -3.22. The van der Waals surface area contributed by atoms with E-state index in [-0.39, 0.29) is 12.5 Å². The van der Waals surface area contributed by atoms with E-state index in [1.165, 1.54) is 0 Å². The molecule has 0 atom stereocenters. The third-order valence-electron chi connectivity index (χ3n) is 5.00. The van der Waals surface area contributed by atoms with Crippen molar-refractivity contribution in [2.75, 3.05) is 37.6 Å². The van der Waals surface area contributed by atoms with Gasteiger partial charge in [-0.2, -0.15) is 0 Å². The SMILES string of the molecule is Cc1cccc(N2CCN(C(=O)CN3C(=O)c4ccccc4C3=O)CC2)n1. The number of anilines is 1. The lowest BCUT2D eigenvalue weighted by atomic mass is 10.1. The maximum absolute atomic E-state index is 12.6. The third kappa shape index (κ3) is 3.16. The lowest BCUT2D eigenvalue weighted by Gasteiger charge is -2.36. The summed E-state index contributed by atoms with van der Waals surface area (Å²) in [6.45, 7) is 4.16. The molecule has 1 aromatic heterocycles. The number of hydrogen-bond acceptors (Lipinski definition) is 5. The van der Waals surface area contributed by atoms with Crippen LogP contribution in [0, 0.1) is 6.92 Å². The molecule has 27 heavy (non-hydrogen) atoms. The minimum absolute atomic E-state index is 0.207. The molecule has 2 aliphatic rings. The zero-order valence-corrected chi connectivity index (χ0v) is 15.1. The molecule has 3 amide bonds. The van der Waals surface area contributed by atoms with Crippen LogP contribution in [0.1, 0.15) is 26.4 Å². The van der Waals surface area contributed by atoms with Crippen molar-refractivity contribution in [3.63, 3.8) is 0 Å². The first-order chi connectivity index (χ1) is 13.0. The van der Waals surface area contributed by atoms with Crippen molar-refractivity contribution in [1.82, 2.24) is 14.8 Å². The van der Waals surface area contributed by atoms with Gasteiger partial charge in [-0.25, -0.2) is 4.98 Å². The summed E-state index contributed by atoms with van der Waals surface area (Å²) in [5, 5.41) is 0. The van der Waals surface area contributed by atoms with Crippen molar-refractivity contribution in [2.45, 2.75) is 6.92 Å². The summed E-state index contributed by atoms with van der Waals surface area (Å²) < 4.78 is 0. The van der Waals surface area contributed by atoms with Crippen LogP contribution >= 0.6 is 0 Å². The Balaban J connectivity index is 1.38. The molecule has 4 rings (SSSR count). The molecule has 7 heteroatoms. The van der Waals surface area contributed by atoms with Gasteiger partial charge in [-0.3, -0.25) is 19.3 Å². The van der Waals surface area contributed by atoms with Gasteiger partial charge >= 0.3 is 0 Å². The van der Waals surface area contributed by atoms with Crippen LogP contribution in [-0.4, -0.2) is 65.2 Å². The molecule has 0 unspecified atom stereocenters. The van der Waals surface area contributed by atoms with Crippen molar-refractivity contribution in [1.29, 1.82) is 0 Å².